The van der Waals surface area contributed by atoms with Gasteiger partial charge in [0.25, 0.3) is 11.5 Å². The Morgan fingerprint density at radius 2 is 2.22 bits per heavy atom. The molecule has 0 radical (unpaired) electrons. The predicted octanol–water partition coefficient (Wildman–Crippen LogP) is -0.421. The van der Waals surface area contributed by atoms with Gasteiger partial charge in [0.2, 0.25) is 0 Å². The first-order valence-electron chi connectivity index (χ1n) is 6.25. The van der Waals surface area contributed by atoms with Crippen LogP contribution in [-0.4, -0.2) is 39.9 Å². The van der Waals surface area contributed by atoms with E-state index in [0.29, 0.717) is 24.9 Å². The van der Waals surface area contributed by atoms with Crippen LogP contribution in [0.25, 0.3) is 0 Å². The fourth-order valence-electron chi connectivity index (χ4n) is 2.66. The lowest BCUT2D eigenvalue weighted by Crippen LogP contribution is -2.33. The summed E-state index contributed by atoms with van der Waals surface area (Å²) in [5, 5.41) is 0. The monoisotopic (exact) mass is 248 g/mol. The zero-order valence-corrected chi connectivity index (χ0v) is 10.0. The Bertz CT molecular complexity index is 503. The summed E-state index contributed by atoms with van der Waals surface area (Å²) in [6, 6.07) is 0.0733. The first kappa shape index (κ1) is 11.4. The molecule has 1 amide bonds. The fraction of sp³-hybridized carbons (Fsp3) is 0.583. The third-order valence-electron chi connectivity index (χ3n) is 3.82. The molecule has 0 aromatic carbocycles. The van der Waals surface area contributed by atoms with Crippen LogP contribution >= 0.6 is 0 Å². The van der Waals surface area contributed by atoms with Gasteiger partial charge < -0.3 is 15.6 Å². The van der Waals surface area contributed by atoms with Crippen LogP contribution in [0.5, 0.6) is 0 Å². The van der Waals surface area contributed by atoms with Gasteiger partial charge in [0.1, 0.15) is 5.69 Å². The van der Waals surface area contributed by atoms with E-state index in [1.807, 2.05) is 0 Å². The topological polar surface area (TPSA) is 92.1 Å². The second kappa shape index (κ2) is 4.20. The van der Waals surface area contributed by atoms with Crippen LogP contribution < -0.4 is 11.3 Å². The van der Waals surface area contributed by atoms with Crippen LogP contribution in [0.2, 0.25) is 0 Å². The number of hydrogen-bond acceptors (Lipinski definition) is 4. The first-order valence-corrected chi connectivity index (χ1v) is 6.25. The number of hydrogen-bond donors (Lipinski definition) is 2. The quantitative estimate of drug-likeness (QED) is 0.743. The number of nitrogens with two attached hydrogens (primary N) is 1. The number of rotatable bonds is 2. The molecule has 6 heteroatoms. The maximum absolute atomic E-state index is 12.2. The normalized spacial score (nSPS) is 27.5. The molecule has 2 fully saturated rings. The predicted molar refractivity (Wildman–Crippen MR) is 65.0 cm³/mol. The molecule has 96 valence electrons. The molecule has 1 aromatic heterocycles. The van der Waals surface area contributed by atoms with Crippen molar-refractivity contribution in [3.8, 4) is 0 Å². The van der Waals surface area contributed by atoms with Crippen molar-refractivity contribution in [1.29, 1.82) is 0 Å². The van der Waals surface area contributed by atoms with Crippen molar-refractivity contribution in [2.24, 2.45) is 17.6 Å². The highest BCUT2D eigenvalue weighted by molar-refractivity contribution is 5.92. The van der Waals surface area contributed by atoms with Crippen LogP contribution in [0.3, 0.4) is 0 Å². The average molecular weight is 248 g/mol. The molecular weight excluding hydrogens is 232 g/mol. The Kier molecular flexibility index (Phi) is 2.66. The molecule has 6 nitrogen and oxygen atoms in total. The van der Waals surface area contributed by atoms with E-state index in [0.717, 1.165) is 6.20 Å². The van der Waals surface area contributed by atoms with Gasteiger partial charge in [0, 0.05) is 25.3 Å². The maximum atomic E-state index is 12.2. The summed E-state index contributed by atoms with van der Waals surface area (Å²) in [5.41, 5.74) is 6.05. The van der Waals surface area contributed by atoms with Gasteiger partial charge in [-0.25, -0.2) is 4.98 Å². The van der Waals surface area contributed by atoms with Gasteiger partial charge in [-0.05, 0) is 24.7 Å². The van der Waals surface area contributed by atoms with Gasteiger partial charge in [0.05, 0.1) is 6.20 Å². The van der Waals surface area contributed by atoms with E-state index in [1.54, 1.807) is 4.90 Å². The van der Waals surface area contributed by atoms with Crippen LogP contribution in [0.1, 0.15) is 23.3 Å². The smallest absolute Gasteiger partial charge is 0.274 e. The Balaban J connectivity index is 1.73. The zero-order valence-electron chi connectivity index (χ0n) is 10.0. The largest absolute Gasteiger partial charge is 0.335 e. The third kappa shape index (κ3) is 2.03. The zero-order chi connectivity index (χ0) is 12.7. The minimum atomic E-state index is -0.305. The van der Waals surface area contributed by atoms with Gasteiger partial charge in [-0.15, -0.1) is 0 Å². The van der Waals surface area contributed by atoms with E-state index in [1.165, 1.54) is 19.0 Å². The molecule has 3 N–H and O–H groups in total. The van der Waals surface area contributed by atoms with Crippen LogP contribution in [0, 0.1) is 11.8 Å². The molecular formula is C12H16N4O2. The molecule has 2 atom stereocenters. The van der Waals surface area contributed by atoms with Crippen LogP contribution in [-0.2, 0) is 0 Å². The number of aromatic nitrogens is 2. The molecule has 1 aromatic rings. The SMILES string of the molecule is N[C@H]1CN(C(=O)c2c[nH]c(=O)cn2)C[C@@H]1C1CC1. The minimum Gasteiger partial charge on any atom is -0.335 e. The first-order chi connectivity index (χ1) is 8.65. The van der Waals surface area contributed by atoms with Crippen LogP contribution in [0.15, 0.2) is 17.2 Å². The molecule has 1 aliphatic carbocycles. The number of likely N-dealkylation sites (tertiary alicyclic amines) is 1. The van der Waals surface area contributed by atoms with Crippen molar-refractivity contribution in [3.63, 3.8) is 0 Å². The summed E-state index contributed by atoms with van der Waals surface area (Å²) in [4.78, 5) is 31.1. The Hall–Kier alpha value is -1.69. The summed E-state index contributed by atoms with van der Waals surface area (Å²) in [6.07, 6.45) is 4.96. The molecule has 1 aliphatic heterocycles. The van der Waals surface area contributed by atoms with E-state index in [2.05, 4.69) is 9.97 Å². The molecule has 2 heterocycles. The Morgan fingerprint density at radius 3 is 2.83 bits per heavy atom. The molecule has 18 heavy (non-hydrogen) atoms. The number of carbonyl (C=O) groups is 1. The number of carbonyl (C=O) groups excluding carboxylic acids is 1. The number of nitrogens with one attached hydrogen (secondary N) is 1. The highest BCUT2D eigenvalue weighted by Crippen LogP contribution is 2.40. The molecule has 0 bridgehead atoms. The van der Waals surface area contributed by atoms with Crippen molar-refractivity contribution in [3.05, 3.63) is 28.4 Å². The second-order valence-electron chi connectivity index (χ2n) is 5.17. The lowest BCUT2D eigenvalue weighted by atomic mass is 9.99. The summed E-state index contributed by atoms with van der Waals surface area (Å²) in [5.74, 6) is 0.975. The summed E-state index contributed by atoms with van der Waals surface area (Å²) >= 11 is 0. The van der Waals surface area contributed by atoms with Crippen molar-refractivity contribution in [1.82, 2.24) is 14.9 Å². The number of nitrogens with zero attached hydrogens (tertiary/aromatic N) is 2. The van der Waals surface area contributed by atoms with Gasteiger partial charge in [-0.2, -0.15) is 0 Å². The third-order valence-corrected chi connectivity index (χ3v) is 3.82. The van der Waals surface area contributed by atoms with Gasteiger partial charge in [-0.1, -0.05) is 0 Å². The van der Waals surface area contributed by atoms with Gasteiger partial charge in [-0.3, -0.25) is 9.59 Å². The summed E-state index contributed by atoms with van der Waals surface area (Å²) in [7, 11) is 0. The second-order valence-corrected chi connectivity index (χ2v) is 5.17. The van der Waals surface area contributed by atoms with E-state index < -0.39 is 0 Å². The van der Waals surface area contributed by atoms with E-state index >= 15 is 0 Å². The van der Waals surface area contributed by atoms with Gasteiger partial charge in [0.15, 0.2) is 0 Å². The van der Waals surface area contributed by atoms with Gasteiger partial charge >= 0.3 is 0 Å². The lowest BCUT2D eigenvalue weighted by molar-refractivity contribution is 0.0778. The van der Waals surface area contributed by atoms with Crippen molar-refractivity contribution >= 4 is 5.91 Å². The highest BCUT2D eigenvalue weighted by Gasteiger charge is 2.42. The molecule has 0 unspecified atom stereocenters. The molecule has 2 aliphatic rings. The molecule has 0 spiro atoms. The fourth-order valence-corrected chi connectivity index (χ4v) is 2.66. The molecule has 1 saturated heterocycles. The Labute approximate surface area is 104 Å². The molecule has 3 rings (SSSR count). The van der Waals surface area contributed by atoms with Crippen molar-refractivity contribution in [2.75, 3.05) is 13.1 Å². The van der Waals surface area contributed by atoms with Crippen molar-refractivity contribution < 1.29 is 4.79 Å². The van der Waals surface area contributed by atoms with E-state index in [4.69, 9.17) is 5.73 Å². The number of amides is 1. The maximum Gasteiger partial charge on any atom is 0.274 e. The molecule has 1 saturated carbocycles. The number of aromatic amines is 1. The van der Waals surface area contributed by atoms with Crippen molar-refractivity contribution in [2.45, 2.75) is 18.9 Å². The number of H-pyrrole nitrogens is 1. The summed E-state index contributed by atoms with van der Waals surface area (Å²) < 4.78 is 0. The van der Waals surface area contributed by atoms with Crippen LogP contribution in [0.4, 0.5) is 0 Å². The van der Waals surface area contributed by atoms with E-state index in [9.17, 15) is 9.59 Å². The highest BCUT2D eigenvalue weighted by atomic mass is 16.2. The average Bonchev–Trinajstić information content (AvgIpc) is 3.13. The lowest BCUT2D eigenvalue weighted by Gasteiger charge is -2.15. The Morgan fingerprint density at radius 1 is 1.44 bits per heavy atom. The summed E-state index contributed by atoms with van der Waals surface area (Å²) in [6.45, 7) is 1.30. The van der Waals surface area contributed by atoms with E-state index in [-0.39, 0.29) is 23.2 Å². The minimum absolute atomic E-state index is 0.0733. The standard InChI is InChI=1S/C12H16N4O2/c13-9-6-16(5-8(9)7-1-2-7)12(18)10-3-15-11(17)4-14-10/h3-4,7-9H,1-2,5-6,13H2,(H,15,17)/t8-,9+/m1/s1.